The van der Waals surface area contributed by atoms with E-state index in [2.05, 4.69) is 4.90 Å². The first-order chi connectivity index (χ1) is 7.00. The van der Waals surface area contributed by atoms with Crippen LogP contribution in [-0.2, 0) is 9.59 Å². The van der Waals surface area contributed by atoms with Crippen molar-refractivity contribution in [3.05, 3.63) is 0 Å². The molecule has 0 aliphatic carbocycles. The van der Waals surface area contributed by atoms with Crippen LogP contribution in [0.1, 0.15) is 26.7 Å². The molecule has 1 aliphatic rings. The first kappa shape index (κ1) is 12.2. The molecule has 0 N–H and O–H groups in total. The molecule has 86 valence electrons. The second-order valence-electron chi connectivity index (χ2n) is 4.41. The third-order valence-corrected chi connectivity index (χ3v) is 2.94. The van der Waals surface area contributed by atoms with Gasteiger partial charge in [0, 0.05) is 39.0 Å². The number of hydrogen-bond donors (Lipinski definition) is 0. The molecule has 1 heterocycles. The van der Waals surface area contributed by atoms with E-state index < -0.39 is 0 Å². The molecule has 0 bridgehead atoms. The molecular formula is C11H20N2O2. The highest BCUT2D eigenvalue weighted by Gasteiger charge is 2.20. The van der Waals surface area contributed by atoms with E-state index in [1.54, 1.807) is 4.90 Å². The summed E-state index contributed by atoms with van der Waals surface area (Å²) in [7, 11) is 1.82. The van der Waals surface area contributed by atoms with Gasteiger partial charge in [-0.2, -0.15) is 0 Å². The molecule has 0 saturated carbocycles. The summed E-state index contributed by atoms with van der Waals surface area (Å²) in [6, 6.07) is 0.240. The summed E-state index contributed by atoms with van der Waals surface area (Å²) in [5.41, 5.74) is 0. The third kappa shape index (κ3) is 3.63. The quantitative estimate of drug-likeness (QED) is 0.684. The molecule has 1 aliphatic heterocycles. The van der Waals surface area contributed by atoms with Crippen molar-refractivity contribution in [2.24, 2.45) is 0 Å². The van der Waals surface area contributed by atoms with Crippen LogP contribution in [0.5, 0.6) is 0 Å². The van der Waals surface area contributed by atoms with Crippen molar-refractivity contribution in [2.45, 2.75) is 32.7 Å². The van der Waals surface area contributed by atoms with E-state index in [1.807, 2.05) is 20.9 Å². The second-order valence-corrected chi connectivity index (χ2v) is 4.41. The number of hydrogen-bond acceptors (Lipinski definition) is 3. The minimum Gasteiger partial charge on any atom is -0.342 e. The molecule has 1 fully saturated rings. The lowest BCUT2D eigenvalue weighted by Crippen LogP contribution is -2.44. The van der Waals surface area contributed by atoms with Crippen LogP contribution >= 0.6 is 0 Å². The maximum atomic E-state index is 11.7. The number of likely N-dealkylation sites (tertiary alicyclic amines) is 1. The summed E-state index contributed by atoms with van der Waals surface area (Å²) in [6.45, 7) is 5.91. The minimum atomic E-state index is 0.138. The Morgan fingerprint density at radius 1 is 1.40 bits per heavy atom. The summed E-state index contributed by atoms with van der Waals surface area (Å²) >= 11 is 0. The van der Waals surface area contributed by atoms with Crippen LogP contribution in [0.2, 0.25) is 0 Å². The van der Waals surface area contributed by atoms with E-state index in [0.717, 1.165) is 13.1 Å². The fourth-order valence-electron chi connectivity index (χ4n) is 1.55. The largest absolute Gasteiger partial charge is 0.342 e. The van der Waals surface area contributed by atoms with E-state index in [4.69, 9.17) is 0 Å². The zero-order valence-electron chi connectivity index (χ0n) is 9.82. The second kappa shape index (κ2) is 5.26. The normalized spacial score (nSPS) is 18.3. The first-order valence-electron chi connectivity index (χ1n) is 5.50. The summed E-state index contributed by atoms with van der Waals surface area (Å²) in [4.78, 5) is 26.6. The standard InChI is InChI=1S/C11H20N2O2/c1-9(2)12(3)11(15)8-13-6-4-10(14)5-7-13/h9H,4-8H2,1-3H3. The van der Waals surface area contributed by atoms with E-state index in [1.165, 1.54) is 0 Å². The van der Waals surface area contributed by atoms with Crippen LogP contribution in [0, 0.1) is 0 Å². The molecule has 1 rings (SSSR count). The van der Waals surface area contributed by atoms with Gasteiger partial charge in [-0.05, 0) is 13.8 Å². The molecule has 0 spiro atoms. The Morgan fingerprint density at radius 2 is 1.93 bits per heavy atom. The molecule has 0 aromatic carbocycles. The predicted molar refractivity (Wildman–Crippen MR) is 58.6 cm³/mol. The number of nitrogens with zero attached hydrogens (tertiary/aromatic N) is 2. The van der Waals surface area contributed by atoms with Crippen molar-refractivity contribution in [1.29, 1.82) is 0 Å². The molecule has 0 atom stereocenters. The summed E-state index contributed by atoms with van der Waals surface area (Å²) in [6.07, 6.45) is 1.19. The molecule has 15 heavy (non-hydrogen) atoms. The zero-order valence-corrected chi connectivity index (χ0v) is 9.82. The highest BCUT2D eigenvalue weighted by atomic mass is 16.2. The fourth-order valence-corrected chi connectivity index (χ4v) is 1.55. The van der Waals surface area contributed by atoms with E-state index in [9.17, 15) is 9.59 Å². The van der Waals surface area contributed by atoms with Gasteiger partial charge in [0.1, 0.15) is 5.78 Å². The summed E-state index contributed by atoms with van der Waals surface area (Å²) in [5, 5.41) is 0. The third-order valence-electron chi connectivity index (χ3n) is 2.94. The Balaban J connectivity index is 2.35. The molecule has 4 nitrogen and oxygen atoms in total. The van der Waals surface area contributed by atoms with Crippen molar-refractivity contribution in [3.63, 3.8) is 0 Å². The Labute approximate surface area is 91.2 Å². The highest BCUT2D eigenvalue weighted by Crippen LogP contribution is 2.06. The van der Waals surface area contributed by atoms with Crippen molar-refractivity contribution in [2.75, 3.05) is 26.7 Å². The molecule has 0 aromatic heterocycles. The highest BCUT2D eigenvalue weighted by molar-refractivity contribution is 5.81. The maximum absolute atomic E-state index is 11.7. The van der Waals surface area contributed by atoms with Gasteiger partial charge in [-0.3, -0.25) is 14.5 Å². The lowest BCUT2D eigenvalue weighted by atomic mass is 10.1. The van der Waals surface area contributed by atoms with Crippen molar-refractivity contribution in [1.82, 2.24) is 9.80 Å². The van der Waals surface area contributed by atoms with Gasteiger partial charge in [-0.25, -0.2) is 0 Å². The predicted octanol–water partition coefficient (Wildman–Crippen LogP) is 0.518. The fraction of sp³-hybridized carbons (Fsp3) is 0.818. The van der Waals surface area contributed by atoms with E-state index in [-0.39, 0.29) is 11.9 Å². The van der Waals surface area contributed by atoms with Gasteiger partial charge >= 0.3 is 0 Å². The molecule has 1 amide bonds. The van der Waals surface area contributed by atoms with Crippen LogP contribution in [0.3, 0.4) is 0 Å². The number of piperidine rings is 1. The van der Waals surface area contributed by atoms with Gasteiger partial charge in [0.05, 0.1) is 6.54 Å². The Morgan fingerprint density at radius 3 is 2.40 bits per heavy atom. The summed E-state index contributed by atoms with van der Waals surface area (Å²) < 4.78 is 0. The van der Waals surface area contributed by atoms with Gasteiger partial charge in [-0.1, -0.05) is 0 Å². The van der Waals surface area contributed by atoms with Crippen LogP contribution in [0.15, 0.2) is 0 Å². The molecule has 1 saturated heterocycles. The van der Waals surface area contributed by atoms with Crippen molar-refractivity contribution < 1.29 is 9.59 Å². The summed E-state index contributed by atoms with van der Waals surface area (Å²) in [5.74, 6) is 0.454. The zero-order chi connectivity index (χ0) is 11.4. The number of Topliss-reactive ketones (excluding diaryl/α,β-unsaturated/α-hetero) is 1. The van der Waals surface area contributed by atoms with Gasteiger partial charge in [0.25, 0.3) is 0 Å². The average molecular weight is 212 g/mol. The SMILES string of the molecule is CC(C)N(C)C(=O)CN1CCC(=O)CC1. The Hall–Kier alpha value is -0.900. The van der Waals surface area contributed by atoms with Crippen LogP contribution in [0.4, 0.5) is 0 Å². The molecule has 0 radical (unpaired) electrons. The Kier molecular flexibility index (Phi) is 4.27. The van der Waals surface area contributed by atoms with Crippen molar-refractivity contribution >= 4 is 11.7 Å². The lowest BCUT2D eigenvalue weighted by Gasteiger charge is -2.28. The number of likely N-dealkylation sites (N-methyl/N-ethyl adjacent to an activating group) is 1. The number of rotatable bonds is 3. The number of carbonyl (C=O) groups is 2. The molecule has 0 unspecified atom stereocenters. The van der Waals surface area contributed by atoms with E-state index in [0.29, 0.717) is 25.2 Å². The van der Waals surface area contributed by atoms with Gasteiger partial charge < -0.3 is 4.90 Å². The van der Waals surface area contributed by atoms with Crippen molar-refractivity contribution in [3.8, 4) is 0 Å². The van der Waals surface area contributed by atoms with Crippen LogP contribution in [-0.4, -0.2) is 54.2 Å². The van der Waals surface area contributed by atoms with Crippen LogP contribution in [0.25, 0.3) is 0 Å². The lowest BCUT2D eigenvalue weighted by molar-refractivity contribution is -0.134. The van der Waals surface area contributed by atoms with Crippen LogP contribution < -0.4 is 0 Å². The smallest absolute Gasteiger partial charge is 0.236 e. The molecular weight excluding hydrogens is 192 g/mol. The number of ketones is 1. The molecule has 0 aromatic rings. The number of amides is 1. The minimum absolute atomic E-state index is 0.138. The first-order valence-corrected chi connectivity index (χ1v) is 5.50. The molecule has 4 heteroatoms. The monoisotopic (exact) mass is 212 g/mol. The topological polar surface area (TPSA) is 40.6 Å². The van der Waals surface area contributed by atoms with E-state index >= 15 is 0 Å². The Bertz CT molecular complexity index is 241. The maximum Gasteiger partial charge on any atom is 0.236 e. The van der Waals surface area contributed by atoms with Gasteiger partial charge in [0.15, 0.2) is 0 Å². The van der Waals surface area contributed by atoms with Gasteiger partial charge in [0.2, 0.25) is 5.91 Å². The number of carbonyl (C=O) groups excluding carboxylic acids is 2. The van der Waals surface area contributed by atoms with Gasteiger partial charge in [-0.15, -0.1) is 0 Å². The average Bonchev–Trinajstić information content (AvgIpc) is 2.20.